The van der Waals surface area contributed by atoms with E-state index in [0.717, 1.165) is 12.3 Å². The fourth-order valence-electron chi connectivity index (χ4n) is 2.05. The minimum absolute atomic E-state index is 0.0871. The summed E-state index contributed by atoms with van der Waals surface area (Å²) in [6.07, 6.45) is -3.34. The number of alkyl halides is 3. The van der Waals surface area contributed by atoms with Gasteiger partial charge < -0.3 is 4.90 Å². The first-order chi connectivity index (χ1) is 9.41. The molecule has 0 bridgehead atoms. The lowest BCUT2D eigenvalue weighted by molar-refractivity contribution is -0.141. The van der Waals surface area contributed by atoms with Gasteiger partial charge in [-0.1, -0.05) is 0 Å². The summed E-state index contributed by atoms with van der Waals surface area (Å²) in [5.74, 6) is 0.0871. The number of anilines is 1. The smallest absolute Gasteiger partial charge is 0.338 e. The van der Waals surface area contributed by atoms with E-state index in [1.807, 2.05) is 4.90 Å². The Labute approximate surface area is 114 Å². The third kappa shape index (κ3) is 3.17. The van der Waals surface area contributed by atoms with Crippen LogP contribution in [0, 0.1) is 11.3 Å². The molecule has 0 N–H and O–H groups in total. The molecule has 1 atom stereocenters. The van der Waals surface area contributed by atoms with E-state index in [1.165, 1.54) is 0 Å². The average molecular weight is 285 g/mol. The summed E-state index contributed by atoms with van der Waals surface area (Å²) in [6.45, 7) is 4.03. The highest BCUT2D eigenvalue weighted by Crippen LogP contribution is 2.28. The van der Waals surface area contributed by atoms with Crippen molar-refractivity contribution < 1.29 is 13.2 Å². The lowest BCUT2D eigenvalue weighted by atomic mass is 10.2. The van der Waals surface area contributed by atoms with Gasteiger partial charge in [0.25, 0.3) is 0 Å². The van der Waals surface area contributed by atoms with Crippen LogP contribution in [0.1, 0.15) is 12.6 Å². The topological polar surface area (TPSA) is 56.1 Å². The van der Waals surface area contributed by atoms with E-state index in [-0.39, 0.29) is 12.0 Å². The van der Waals surface area contributed by atoms with Crippen molar-refractivity contribution in [1.82, 2.24) is 14.9 Å². The van der Waals surface area contributed by atoms with Gasteiger partial charge in [-0.2, -0.15) is 18.4 Å². The number of piperazine rings is 1. The van der Waals surface area contributed by atoms with Gasteiger partial charge in [0, 0.05) is 32.4 Å². The SMILES string of the molecule is CC(C#N)N1CCN(c2nccc(C(F)(F)F)n2)CC1. The van der Waals surface area contributed by atoms with Crippen molar-refractivity contribution in [3.8, 4) is 6.07 Å². The summed E-state index contributed by atoms with van der Waals surface area (Å²) in [5, 5.41) is 8.84. The summed E-state index contributed by atoms with van der Waals surface area (Å²) in [7, 11) is 0. The van der Waals surface area contributed by atoms with Crippen molar-refractivity contribution >= 4 is 5.95 Å². The normalized spacial score (nSPS) is 18.6. The second-order valence-electron chi connectivity index (χ2n) is 4.57. The van der Waals surface area contributed by atoms with Gasteiger partial charge >= 0.3 is 6.18 Å². The molecule has 2 heterocycles. The molecule has 108 valence electrons. The molecule has 5 nitrogen and oxygen atoms in total. The fraction of sp³-hybridized carbons (Fsp3) is 0.583. The van der Waals surface area contributed by atoms with Crippen LogP contribution in [0.4, 0.5) is 19.1 Å². The molecule has 1 saturated heterocycles. The van der Waals surface area contributed by atoms with Crippen LogP contribution < -0.4 is 4.90 Å². The molecular weight excluding hydrogens is 271 g/mol. The maximum atomic E-state index is 12.6. The Morgan fingerprint density at radius 3 is 2.50 bits per heavy atom. The molecule has 20 heavy (non-hydrogen) atoms. The van der Waals surface area contributed by atoms with Crippen molar-refractivity contribution in [3.63, 3.8) is 0 Å². The first-order valence-electron chi connectivity index (χ1n) is 6.20. The lowest BCUT2D eigenvalue weighted by Crippen LogP contribution is -2.49. The Morgan fingerprint density at radius 2 is 1.95 bits per heavy atom. The van der Waals surface area contributed by atoms with Gasteiger partial charge in [-0.15, -0.1) is 0 Å². The highest BCUT2D eigenvalue weighted by molar-refractivity contribution is 5.31. The standard InChI is InChI=1S/C12H14F3N5/c1-9(8-16)19-4-6-20(7-5-19)11-17-3-2-10(18-11)12(13,14)15/h2-3,9H,4-7H2,1H3. The maximum absolute atomic E-state index is 12.6. The average Bonchev–Trinajstić information content (AvgIpc) is 2.46. The highest BCUT2D eigenvalue weighted by Gasteiger charge is 2.33. The van der Waals surface area contributed by atoms with Gasteiger partial charge in [0.15, 0.2) is 0 Å². The van der Waals surface area contributed by atoms with Gasteiger partial charge in [-0.05, 0) is 13.0 Å². The second kappa shape index (κ2) is 5.63. The predicted octanol–water partition coefficient (Wildman–Crippen LogP) is 1.53. The Kier molecular flexibility index (Phi) is 4.09. The lowest BCUT2D eigenvalue weighted by Gasteiger charge is -2.35. The molecule has 0 amide bonds. The molecule has 0 aromatic carbocycles. The molecule has 1 fully saturated rings. The number of hydrogen-bond donors (Lipinski definition) is 0. The van der Waals surface area contributed by atoms with Crippen molar-refractivity contribution in [3.05, 3.63) is 18.0 Å². The number of rotatable bonds is 2. The number of aromatic nitrogens is 2. The zero-order valence-electron chi connectivity index (χ0n) is 10.9. The third-order valence-corrected chi connectivity index (χ3v) is 3.26. The van der Waals surface area contributed by atoms with E-state index in [0.29, 0.717) is 26.2 Å². The Hall–Kier alpha value is -1.88. The van der Waals surface area contributed by atoms with Gasteiger partial charge in [0.2, 0.25) is 5.95 Å². The van der Waals surface area contributed by atoms with Crippen LogP contribution in [0.3, 0.4) is 0 Å². The van der Waals surface area contributed by atoms with Crippen LogP contribution in [0.5, 0.6) is 0 Å². The summed E-state index contributed by atoms with van der Waals surface area (Å²) in [4.78, 5) is 11.1. The van der Waals surface area contributed by atoms with E-state index >= 15 is 0 Å². The Bertz CT molecular complexity index is 503. The maximum Gasteiger partial charge on any atom is 0.433 e. The molecule has 1 aromatic rings. The first kappa shape index (κ1) is 14.5. The van der Waals surface area contributed by atoms with Crippen molar-refractivity contribution in [2.45, 2.75) is 19.1 Å². The molecule has 0 saturated carbocycles. The van der Waals surface area contributed by atoms with Gasteiger partial charge in [-0.25, -0.2) is 9.97 Å². The minimum Gasteiger partial charge on any atom is -0.338 e. The van der Waals surface area contributed by atoms with Crippen LogP contribution in [0.2, 0.25) is 0 Å². The Balaban J connectivity index is 2.06. The van der Waals surface area contributed by atoms with E-state index in [4.69, 9.17) is 5.26 Å². The summed E-state index contributed by atoms with van der Waals surface area (Å²) < 4.78 is 37.8. The molecule has 1 aliphatic heterocycles. The number of nitriles is 1. The molecule has 1 aromatic heterocycles. The number of nitrogens with zero attached hydrogens (tertiary/aromatic N) is 5. The zero-order chi connectivity index (χ0) is 14.8. The number of halogens is 3. The first-order valence-corrected chi connectivity index (χ1v) is 6.20. The molecule has 8 heteroatoms. The molecule has 1 aliphatic rings. The minimum atomic E-state index is -4.46. The van der Waals surface area contributed by atoms with E-state index in [9.17, 15) is 13.2 Å². The van der Waals surface area contributed by atoms with Crippen molar-refractivity contribution in [2.24, 2.45) is 0 Å². The summed E-state index contributed by atoms with van der Waals surface area (Å²) >= 11 is 0. The van der Waals surface area contributed by atoms with Crippen LogP contribution in [0.15, 0.2) is 12.3 Å². The summed E-state index contributed by atoms with van der Waals surface area (Å²) in [5.41, 5.74) is -0.935. The fourth-order valence-corrected chi connectivity index (χ4v) is 2.05. The molecule has 0 aliphatic carbocycles. The molecule has 0 radical (unpaired) electrons. The zero-order valence-corrected chi connectivity index (χ0v) is 10.9. The van der Waals surface area contributed by atoms with E-state index < -0.39 is 11.9 Å². The van der Waals surface area contributed by atoms with Crippen molar-refractivity contribution in [1.29, 1.82) is 5.26 Å². The quantitative estimate of drug-likeness (QED) is 0.825. The molecule has 2 rings (SSSR count). The van der Waals surface area contributed by atoms with Crippen LogP contribution in [0.25, 0.3) is 0 Å². The summed E-state index contributed by atoms with van der Waals surface area (Å²) in [6, 6.07) is 2.81. The second-order valence-corrected chi connectivity index (χ2v) is 4.57. The van der Waals surface area contributed by atoms with Gasteiger partial charge in [0.05, 0.1) is 12.1 Å². The van der Waals surface area contributed by atoms with Crippen LogP contribution in [-0.4, -0.2) is 47.1 Å². The largest absolute Gasteiger partial charge is 0.433 e. The third-order valence-electron chi connectivity index (χ3n) is 3.26. The molecule has 1 unspecified atom stereocenters. The van der Waals surface area contributed by atoms with Gasteiger partial charge in [0.1, 0.15) is 5.69 Å². The molecular formula is C12H14F3N5. The molecule has 0 spiro atoms. The van der Waals surface area contributed by atoms with Crippen LogP contribution >= 0.6 is 0 Å². The Morgan fingerprint density at radius 1 is 1.30 bits per heavy atom. The highest BCUT2D eigenvalue weighted by atomic mass is 19.4. The van der Waals surface area contributed by atoms with Crippen molar-refractivity contribution in [2.75, 3.05) is 31.1 Å². The van der Waals surface area contributed by atoms with Crippen LogP contribution in [-0.2, 0) is 6.18 Å². The van der Waals surface area contributed by atoms with E-state index in [2.05, 4.69) is 16.0 Å². The van der Waals surface area contributed by atoms with Gasteiger partial charge in [-0.3, -0.25) is 4.90 Å². The van der Waals surface area contributed by atoms with E-state index in [1.54, 1.807) is 11.8 Å². The monoisotopic (exact) mass is 285 g/mol. The number of hydrogen-bond acceptors (Lipinski definition) is 5. The predicted molar refractivity (Wildman–Crippen MR) is 65.9 cm³/mol.